The molecule has 0 spiro atoms. The fourth-order valence-electron chi connectivity index (χ4n) is 1.58. The standard InChI is InChI=1S/C13H7BrFNO5/c14-10-5-7(2-4-11(10)15)21-8-1-3-9(13(17)18)12(6-8)16(19)20/h1-6H,(H,17,18). The zero-order chi connectivity index (χ0) is 15.6. The maximum Gasteiger partial charge on any atom is 0.342 e. The van der Waals surface area contributed by atoms with Gasteiger partial charge in [0.25, 0.3) is 5.69 Å². The van der Waals surface area contributed by atoms with E-state index >= 15 is 0 Å². The third kappa shape index (κ3) is 3.34. The number of halogens is 2. The van der Waals surface area contributed by atoms with Crippen LogP contribution in [0.25, 0.3) is 0 Å². The average molecular weight is 356 g/mol. The number of aromatic carboxylic acids is 1. The van der Waals surface area contributed by atoms with E-state index < -0.39 is 28.0 Å². The predicted octanol–water partition coefficient (Wildman–Crippen LogP) is 3.99. The predicted molar refractivity (Wildman–Crippen MR) is 74.2 cm³/mol. The van der Waals surface area contributed by atoms with Gasteiger partial charge in [0.1, 0.15) is 22.9 Å². The Morgan fingerprint density at radius 2 is 1.86 bits per heavy atom. The van der Waals surface area contributed by atoms with Crippen LogP contribution in [-0.2, 0) is 0 Å². The molecule has 6 nitrogen and oxygen atoms in total. The van der Waals surface area contributed by atoms with Crippen molar-refractivity contribution < 1.29 is 24.0 Å². The summed E-state index contributed by atoms with van der Waals surface area (Å²) < 4.78 is 18.6. The van der Waals surface area contributed by atoms with Crippen LogP contribution in [0.5, 0.6) is 11.5 Å². The summed E-state index contributed by atoms with van der Waals surface area (Å²) in [6.45, 7) is 0. The maximum absolute atomic E-state index is 13.1. The molecule has 0 aromatic heterocycles. The van der Waals surface area contributed by atoms with Crippen molar-refractivity contribution in [2.45, 2.75) is 0 Å². The lowest BCUT2D eigenvalue weighted by Crippen LogP contribution is -2.02. The molecule has 8 heteroatoms. The molecule has 0 saturated heterocycles. The Balaban J connectivity index is 2.36. The lowest BCUT2D eigenvalue weighted by Gasteiger charge is -2.07. The highest BCUT2D eigenvalue weighted by Crippen LogP contribution is 2.30. The Hall–Kier alpha value is -2.48. The van der Waals surface area contributed by atoms with Crippen LogP contribution in [0.3, 0.4) is 0 Å². The smallest absolute Gasteiger partial charge is 0.342 e. The summed E-state index contributed by atoms with van der Waals surface area (Å²) in [5.41, 5.74) is -1.02. The van der Waals surface area contributed by atoms with Crippen LogP contribution < -0.4 is 4.74 Å². The largest absolute Gasteiger partial charge is 0.477 e. The summed E-state index contributed by atoms with van der Waals surface area (Å²) in [6, 6.07) is 7.23. The van der Waals surface area contributed by atoms with Crippen molar-refractivity contribution in [1.82, 2.24) is 0 Å². The van der Waals surface area contributed by atoms with Crippen molar-refractivity contribution in [3.05, 3.63) is 62.4 Å². The minimum absolute atomic E-state index is 0.0743. The van der Waals surface area contributed by atoms with Crippen LogP contribution in [0.15, 0.2) is 40.9 Å². The van der Waals surface area contributed by atoms with Gasteiger partial charge in [0.05, 0.1) is 15.5 Å². The van der Waals surface area contributed by atoms with Crippen LogP contribution in [-0.4, -0.2) is 16.0 Å². The maximum atomic E-state index is 13.1. The number of carbonyl (C=O) groups is 1. The zero-order valence-corrected chi connectivity index (χ0v) is 11.8. The summed E-state index contributed by atoms with van der Waals surface area (Å²) >= 11 is 2.99. The van der Waals surface area contributed by atoms with Gasteiger partial charge in [-0.05, 0) is 46.3 Å². The number of hydrogen-bond acceptors (Lipinski definition) is 4. The Morgan fingerprint density at radius 3 is 2.43 bits per heavy atom. The van der Waals surface area contributed by atoms with Gasteiger partial charge in [-0.1, -0.05) is 0 Å². The third-order valence-corrected chi connectivity index (χ3v) is 3.13. The lowest BCUT2D eigenvalue weighted by atomic mass is 10.1. The molecular formula is C13H7BrFNO5. The zero-order valence-electron chi connectivity index (χ0n) is 10.2. The highest BCUT2D eigenvalue weighted by atomic mass is 79.9. The number of benzene rings is 2. The first kappa shape index (κ1) is 14.9. The van der Waals surface area contributed by atoms with Crippen molar-refractivity contribution in [3.63, 3.8) is 0 Å². The highest BCUT2D eigenvalue weighted by molar-refractivity contribution is 9.10. The van der Waals surface area contributed by atoms with Crippen molar-refractivity contribution in [1.29, 1.82) is 0 Å². The van der Waals surface area contributed by atoms with E-state index in [4.69, 9.17) is 9.84 Å². The molecular weight excluding hydrogens is 349 g/mol. The minimum atomic E-state index is -1.40. The second-order valence-electron chi connectivity index (χ2n) is 3.92. The number of nitrogens with zero attached hydrogens (tertiary/aromatic N) is 1. The van der Waals surface area contributed by atoms with Crippen LogP contribution in [0.4, 0.5) is 10.1 Å². The second-order valence-corrected chi connectivity index (χ2v) is 4.77. The molecule has 0 atom stereocenters. The van der Waals surface area contributed by atoms with Gasteiger partial charge < -0.3 is 9.84 Å². The first-order chi connectivity index (χ1) is 9.88. The Bertz CT molecular complexity index is 734. The summed E-state index contributed by atoms with van der Waals surface area (Å²) in [6.07, 6.45) is 0. The molecule has 0 saturated carbocycles. The van der Waals surface area contributed by atoms with Crippen molar-refractivity contribution in [2.24, 2.45) is 0 Å². The fourth-order valence-corrected chi connectivity index (χ4v) is 1.94. The summed E-state index contributed by atoms with van der Waals surface area (Å²) in [7, 11) is 0. The van der Waals surface area contributed by atoms with Crippen molar-refractivity contribution in [3.8, 4) is 11.5 Å². The molecule has 1 N–H and O–H groups in total. The molecule has 0 aliphatic heterocycles. The number of rotatable bonds is 4. The van der Waals surface area contributed by atoms with E-state index in [-0.39, 0.29) is 16.0 Å². The van der Waals surface area contributed by atoms with Crippen LogP contribution in [0, 0.1) is 15.9 Å². The van der Waals surface area contributed by atoms with Gasteiger partial charge >= 0.3 is 5.97 Å². The Kier molecular flexibility index (Phi) is 4.18. The van der Waals surface area contributed by atoms with Crippen molar-refractivity contribution in [2.75, 3.05) is 0 Å². The van der Waals surface area contributed by atoms with E-state index in [1.165, 1.54) is 24.3 Å². The van der Waals surface area contributed by atoms with E-state index in [1.807, 2.05) is 0 Å². The first-order valence-electron chi connectivity index (χ1n) is 5.53. The first-order valence-corrected chi connectivity index (χ1v) is 6.32. The number of carboxylic acids is 1. The molecule has 21 heavy (non-hydrogen) atoms. The third-order valence-electron chi connectivity index (χ3n) is 2.52. The molecule has 0 aliphatic carbocycles. The number of carboxylic acid groups (broad SMARTS) is 1. The van der Waals surface area contributed by atoms with Gasteiger partial charge in [-0.2, -0.15) is 0 Å². The minimum Gasteiger partial charge on any atom is -0.477 e. The van der Waals surface area contributed by atoms with E-state index in [0.717, 1.165) is 12.1 Å². The molecule has 0 fully saturated rings. The fraction of sp³-hybridized carbons (Fsp3) is 0. The molecule has 0 bridgehead atoms. The van der Waals surface area contributed by atoms with Crippen LogP contribution in [0.1, 0.15) is 10.4 Å². The lowest BCUT2D eigenvalue weighted by molar-refractivity contribution is -0.385. The number of ether oxygens (including phenoxy) is 1. The van der Waals surface area contributed by atoms with Gasteiger partial charge in [-0.15, -0.1) is 0 Å². The normalized spacial score (nSPS) is 10.2. The monoisotopic (exact) mass is 355 g/mol. The van der Waals surface area contributed by atoms with Gasteiger partial charge in [0.2, 0.25) is 0 Å². The highest BCUT2D eigenvalue weighted by Gasteiger charge is 2.20. The van der Waals surface area contributed by atoms with E-state index in [0.29, 0.717) is 0 Å². The molecule has 2 aromatic rings. The molecule has 0 radical (unpaired) electrons. The van der Waals surface area contributed by atoms with Crippen LogP contribution in [0.2, 0.25) is 0 Å². The second kappa shape index (κ2) is 5.88. The Labute approximate surface area is 126 Å². The summed E-state index contributed by atoms with van der Waals surface area (Å²) in [5.74, 6) is -1.56. The molecule has 0 amide bonds. The Morgan fingerprint density at radius 1 is 1.24 bits per heavy atom. The SMILES string of the molecule is O=C(O)c1ccc(Oc2ccc(F)c(Br)c2)cc1[N+](=O)[O-]. The van der Waals surface area contributed by atoms with Crippen LogP contribution >= 0.6 is 15.9 Å². The molecule has 2 rings (SSSR count). The van der Waals surface area contributed by atoms with Gasteiger partial charge in [-0.25, -0.2) is 9.18 Å². The van der Waals surface area contributed by atoms with Crippen molar-refractivity contribution >= 4 is 27.6 Å². The summed E-state index contributed by atoms with van der Waals surface area (Å²) in [4.78, 5) is 20.9. The van der Waals surface area contributed by atoms with E-state index in [1.54, 1.807) is 0 Å². The number of nitro benzene ring substituents is 1. The topological polar surface area (TPSA) is 89.7 Å². The number of nitro groups is 1. The van der Waals surface area contributed by atoms with Gasteiger partial charge in [-0.3, -0.25) is 10.1 Å². The molecule has 0 unspecified atom stereocenters. The summed E-state index contributed by atoms with van der Waals surface area (Å²) in [5, 5.41) is 19.7. The van der Waals surface area contributed by atoms with Gasteiger partial charge in [0.15, 0.2) is 0 Å². The molecule has 0 heterocycles. The average Bonchev–Trinajstić information content (AvgIpc) is 2.42. The van der Waals surface area contributed by atoms with E-state index in [2.05, 4.69) is 15.9 Å². The molecule has 2 aromatic carbocycles. The van der Waals surface area contributed by atoms with E-state index in [9.17, 15) is 19.3 Å². The van der Waals surface area contributed by atoms with Gasteiger partial charge in [0, 0.05) is 0 Å². The molecule has 0 aliphatic rings. The molecule has 108 valence electrons. The number of hydrogen-bond donors (Lipinski definition) is 1. The quantitative estimate of drug-likeness (QED) is 0.661.